The summed E-state index contributed by atoms with van der Waals surface area (Å²) < 4.78 is 0. The first kappa shape index (κ1) is 14.2. The number of carbonyl (C=O) groups excluding carboxylic acids is 1. The molecule has 0 unspecified atom stereocenters. The fourth-order valence-electron chi connectivity index (χ4n) is 1.50. The minimum absolute atomic E-state index is 0.258. The third kappa shape index (κ3) is 3.89. The second kappa shape index (κ2) is 6.80. The number of primary amides is 1. The van der Waals surface area contributed by atoms with Crippen LogP contribution in [0.4, 0.5) is 5.69 Å². The second-order valence-corrected chi connectivity index (χ2v) is 4.11. The molecule has 18 heavy (non-hydrogen) atoms. The number of hydrazine groups is 1. The summed E-state index contributed by atoms with van der Waals surface area (Å²) in [5.74, 6) is -0.621. The van der Waals surface area contributed by atoms with E-state index in [2.05, 4.69) is 5.29 Å². The van der Waals surface area contributed by atoms with Crippen molar-refractivity contribution in [1.82, 2.24) is 5.12 Å². The second-order valence-electron chi connectivity index (χ2n) is 3.68. The van der Waals surface area contributed by atoms with Crippen molar-refractivity contribution in [3.05, 3.63) is 34.2 Å². The largest absolute Gasteiger partial charge is 0.368 e. The summed E-state index contributed by atoms with van der Waals surface area (Å²) >= 11 is 5.80. The number of benzene rings is 1. The van der Waals surface area contributed by atoms with Crippen LogP contribution >= 0.6 is 11.6 Å². The van der Waals surface area contributed by atoms with Crippen molar-refractivity contribution in [1.29, 1.82) is 0 Å². The zero-order valence-electron chi connectivity index (χ0n) is 10.0. The Labute approximate surface area is 110 Å². The van der Waals surface area contributed by atoms with Gasteiger partial charge < -0.3 is 5.73 Å². The lowest BCUT2D eigenvalue weighted by Crippen LogP contribution is -2.44. The smallest absolute Gasteiger partial charge is 0.241 e. The molecule has 0 saturated heterocycles. The molecule has 1 aromatic rings. The molecule has 0 saturated carbocycles. The Morgan fingerprint density at radius 3 is 2.44 bits per heavy atom. The van der Waals surface area contributed by atoms with Crippen molar-refractivity contribution in [2.24, 2.45) is 11.0 Å². The highest BCUT2D eigenvalue weighted by molar-refractivity contribution is 6.30. The van der Waals surface area contributed by atoms with E-state index in [0.29, 0.717) is 11.6 Å². The molecule has 0 aliphatic heterocycles. The molecule has 0 radical (unpaired) electrons. The number of carbonyl (C=O) groups is 1. The van der Waals surface area contributed by atoms with Crippen LogP contribution in [0.15, 0.2) is 29.6 Å². The Balaban J connectivity index is 2.95. The van der Waals surface area contributed by atoms with Gasteiger partial charge in [-0.1, -0.05) is 18.5 Å². The van der Waals surface area contributed by atoms with Crippen LogP contribution in [0.1, 0.15) is 13.3 Å². The van der Waals surface area contributed by atoms with Crippen LogP contribution in [0.25, 0.3) is 0 Å². The van der Waals surface area contributed by atoms with Gasteiger partial charge in [-0.15, -0.1) is 4.91 Å². The highest BCUT2D eigenvalue weighted by Gasteiger charge is 2.17. The Kier molecular flexibility index (Phi) is 5.38. The molecule has 0 aromatic heterocycles. The topological polar surface area (TPSA) is 79.0 Å². The highest BCUT2D eigenvalue weighted by atomic mass is 35.5. The number of nitroso groups, excluding NO2 is 1. The third-order valence-corrected chi connectivity index (χ3v) is 2.48. The SMILES string of the molecule is CCCN(c1ccc(Cl)cc1)N(CC(N)=O)N=O. The van der Waals surface area contributed by atoms with Crippen molar-refractivity contribution < 1.29 is 4.79 Å². The van der Waals surface area contributed by atoms with Crippen molar-refractivity contribution in [3.63, 3.8) is 0 Å². The van der Waals surface area contributed by atoms with Gasteiger partial charge in [0.05, 0.1) is 11.0 Å². The molecule has 1 amide bonds. The summed E-state index contributed by atoms with van der Waals surface area (Å²) in [7, 11) is 0. The number of nitrogens with two attached hydrogens (primary N) is 1. The Bertz CT molecular complexity index is 410. The number of hydrogen-bond donors (Lipinski definition) is 1. The highest BCUT2D eigenvalue weighted by Crippen LogP contribution is 2.20. The molecule has 1 rings (SSSR count). The summed E-state index contributed by atoms with van der Waals surface area (Å²) in [5, 5.41) is 6.01. The van der Waals surface area contributed by atoms with Gasteiger partial charge in [-0.2, -0.15) is 5.12 Å². The van der Waals surface area contributed by atoms with Crippen molar-refractivity contribution >= 4 is 23.2 Å². The summed E-state index contributed by atoms with van der Waals surface area (Å²) in [5.41, 5.74) is 5.80. The molecule has 0 atom stereocenters. The van der Waals surface area contributed by atoms with Gasteiger partial charge >= 0.3 is 0 Å². The fraction of sp³-hybridized carbons (Fsp3) is 0.364. The maximum absolute atomic E-state index is 10.9. The molecule has 0 aliphatic rings. The Morgan fingerprint density at radius 2 is 2.00 bits per heavy atom. The van der Waals surface area contributed by atoms with E-state index in [1.807, 2.05) is 6.92 Å². The average molecular weight is 271 g/mol. The summed E-state index contributed by atoms with van der Waals surface area (Å²) in [6, 6.07) is 6.90. The first-order valence-corrected chi connectivity index (χ1v) is 5.88. The normalized spacial score (nSPS) is 9.89. The van der Waals surface area contributed by atoms with Gasteiger partial charge in [-0.25, -0.2) is 0 Å². The van der Waals surface area contributed by atoms with Gasteiger partial charge in [-0.05, 0) is 30.7 Å². The molecule has 1 aromatic carbocycles. The minimum Gasteiger partial charge on any atom is -0.368 e. The lowest BCUT2D eigenvalue weighted by molar-refractivity contribution is -0.119. The molecule has 0 spiro atoms. The third-order valence-electron chi connectivity index (χ3n) is 2.23. The van der Waals surface area contributed by atoms with E-state index in [0.717, 1.165) is 17.2 Å². The average Bonchev–Trinajstić information content (AvgIpc) is 2.34. The van der Waals surface area contributed by atoms with E-state index >= 15 is 0 Å². The van der Waals surface area contributed by atoms with Crippen LogP contribution in [-0.4, -0.2) is 24.1 Å². The molecule has 7 heteroatoms. The maximum Gasteiger partial charge on any atom is 0.241 e. The number of anilines is 1. The summed E-state index contributed by atoms with van der Waals surface area (Å²) in [6.07, 6.45) is 0.785. The van der Waals surface area contributed by atoms with Gasteiger partial charge in [0.1, 0.15) is 6.54 Å². The number of nitrogens with zero attached hydrogens (tertiary/aromatic N) is 3. The molecule has 2 N–H and O–H groups in total. The monoisotopic (exact) mass is 270 g/mol. The number of halogens is 1. The molecule has 0 fully saturated rings. The van der Waals surface area contributed by atoms with Gasteiger partial charge in [0.15, 0.2) is 0 Å². The van der Waals surface area contributed by atoms with Crippen LogP contribution in [-0.2, 0) is 4.79 Å². The number of amides is 1. The van der Waals surface area contributed by atoms with Crippen molar-refractivity contribution in [3.8, 4) is 0 Å². The van der Waals surface area contributed by atoms with Gasteiger partial charge in [-0.3, -0.25) is 9.80 Å². The summed E-state index contributed by atoms with van der Waals surface area (Å²) in [6.45, 7) is 2.24. The predicted molar refractivity (Wildman–Crippen MR) is 70.8 cm³/mol. The number of rotatable bonds is 7. The van der Waals surface area contributed by atoms with Crippen molar-refractivity contribution in [2.75, 3.05) is 18.1 Å². The van der Waals surface area contributed by atoms with Crippen LogP contribution in [0.2, 0.25) is 5.02 Å². The van der Waals surface area contributed by atoms with E-state index < -0.39 is 5.91 Å². The predicted octanol–water partition coefficient (Wildman–Crippen LogP) is 1.94. The lowest BCUT2D eigenvalue weighted by Gasteiger charge is -2.30. The lowest BCUT2D eigenvalue weighted by atomic mass is 10.3. The van der Waals surface area contributed by atoms with E-state index in [9.17, 15) is 9.70 Å². The summed E-state index contributed by atoms with van der Waals surface area (Å²) in [4.78, 5) is 21.7. The van der Waals surface area contributed by atoms with E-state index in [1.54, 1.807) is 29.3 Å². The zero-order valence-corrected chi connectivity index (χ0v) is 10.8. The van der Waals surface area contributed by atoms with Crippen LogP contribution in [0.3, 0.4) is 0 Å². The van der Waals surface area contributed by atoms with Crippen LogP contribution in [0, 0.1) is 4.91 Å². The molecular formula is C11H15ClN4O2. The standard InChI is InChI=1S/C11H15ClN4O2/c1-2-7-15(16(14-18)8-11(13)17)10-5-3-9(12)4-6-10/h3-6H,2,7-8H2,1H3,(H2,13,17). The zero-order chi connectivity index (χ0) is 13.5. The fourth-order valence-corrected chi connectivity index (χ4v) is 1.63. The molecular weight excluding hydrogens is 256 g/mol. The number of hydrogen-bond acceptors (Lipinski definition) is 4. The minimum atomic E-state index is -0.621. The van der Waals surface area contributed by atoms with Crippen LogP contribution in [0.5, 0.6) is 0 Å². The van der Waals surface area contributed by atoms with E-state index in [-0.39, 0.29) is 6.54 Å². The first-order valence-electron chi connectivity index (χ1n) is 5.50. The van der Waals surface area contributed by atoms with Gasteiger partial charge in [0, 0.05) is 11.6 Å². The Morgan fingerprint density at radius 1 is 1.39 bits per heavy atom. The molecule has 6 nitrogen and oxygen atoms in total. The molecule has 0 bridgehead atoms. The quantitative estimate of drug-likeness (QED) is 0.607. The Hall–Kier alpha value is -1.82. The van der Waals surface area contributed by atoms with Gasteiger partial charge in [0.2, 0.25) is 5.91 Å². The molecule has 98 valence electrons. The molecule has 0 heterocycles. The first-order chi connectivity index (χ1) is 8.58. The van der Waals surface area contributed by atoms with E-state index in [4.69, 9.17) is 17.3 Å². The maximum atomic E-state index is 10.9. The van der Waals surface area contributed by atoms with E-state index in [1.165, 1.54) is 0 Å². The van der Waals surface area contributed by atoms with Crippen LogP contribution < -0.4 is 10.7 Å². The molecule has 0 aliphatic carbocycles. The van der Waals surface area contributed by atoms with Crippen molar-refractivity contribution in [2.45, 2.75) is 13.3 Å². The van der Waals surface area contributed by atoms with Gasteiger partial charge in [0.25, 0.3) is 0 Å².